The quantitative estimate of drug-likeness (QED) is 0.370. The fourth-order valence-corrected chi connectivity index (χ4v) is 1.35. The highest BCUT2D eigenvalue weighted by molar-refractivity contribution is 14.0. The first-order chi connectivity index (χ1) is 5.27. The lowest BCUT2D eigenvalue weighted by atomic mass is 10.3. The average Bonchev–Trinajstić information content (AvgIpc) is 2.39. The van der Waals surface area contributed by atoms with Crippen molar-refractivity contribution in [1.82, 2.24) is 10.2 Å². The summed E-state index contributed by atoms with van der Waals surface area (Å²) < 4.78 is 0. The standard InChI is InChI=1S/C7H15N3O.HI/c1-8-7(9-2)10-4-3-6(11)5-10;/h6,11H,3-5H2,1-2H3,(H,8,9);1H. The van der Waals surface area contributed by atoms with Crippen LogP contribution >= 0.6 is 24.0 Å². The predicted octanol–water partition coefficient (Wildman–Crippen LogP) is -0.124. The second-order valence-corrected chi connectivity index (χ2v) is 2.69. The van der Waals surface area contributed by atoms with Gasteiger partial charge >= 0.3 is 0 Å². The molecule has 0 aromatic heterocycles. The summed E-state index contributed by atoms with van der Waals surface area (Å²) in [5.74, 6) is 0.863. The zero-order valence-electron chi connectivity index (χ0n) is 7.45. The van der Waals surface area contributed by atoms with Gasteiger partial charge in [-0.1, -0.05) is 0 Å². The minimum absolute atomic E-state index is 0. The molecule has 0 spiro atoms. The molecule has 0 bridgehead atoms. The van der Waals surface area contributed by atoms with Crippen LogP contribution in [0.2, 0.25) is 0 Å². The third kappa shape index (κ3) is 2.78. The highest BCUT2D eigenvalue weighted by Gasteiger charge is 2.21. The van der Waals surface area contributed by atoms with E-state index in [1.807, 2.05) is 11.9 Å². The maximum atomic E-state index is 9.22. The number of rotatable bonds is 0. The number of aliphatic hydroxyl groups excluding tert-OH is 1. The lowest BCUT2D eigenvalue weighted by Gasteiger charge is -2.18. The zero-order chi connectivity index (χ0) is 8.27. The predicted molar refractivity (Wildman–Crippen MR) is 60.0 cm³/mol. The first-order valence-electron chi connectivity index (χ1n) is 3.85. The maximum Gasteiger partial charge on any atom is 0.193 e. The van der Waals surface area contributed by atoms with Gasteiger partial charge in [0.1, 0.15) is 0 Å². The van der Waals surface area contributed by atoms with Crippen molar-refractivity contribution in [2.75, 3.05) is 27.2 Å². The van der Waals surface area contributed by atoms with E-state index in [2.05, 4.69) is 10.3 Å². The molecule has 1 unspecified atom stereocenters. The molecule has 1 rings (SSSR count). The second kappa shape index (κ2) is 5.58. The Balaban J connectivity index is 0.00000121. The van der Waals surface area contributed by atoms with E-state index in [1.54, 1.807) is 7.05 Å². The van der Waals surface area contributed by atoms with Gasteiger partial charge in [0.05, 0.1) is 6.10 Å². The Morgan fingerprint density at radius 2 is 2.33 bits per heavy atom. The van der Waals surface area contributed by atoms with Crippen molar-refractivity contribution < 1.29 is 5.11 Å². The minimum Gasteiger partial charge on any atom is -0.391 e. The molecule has 0 aromatic carbocycles. The molecule has 4 nitrogen and oxygen atoms in total. The van der Waals surface area contributed by atoms with Gasteiger partial charge in [0.2, 0.25) is 0 Å². The van der Waals surface area contributed by atoms with Crippen LogP contribution in [0.5, 0.6) is 0 Å². The van der Waals surface area contributed by atoms with Crippen LogP contribution in [0.3, 0.4) is 0 Å². The van der Waals surface area contributed by atoms with Crippen molar-refractivity contribution in [2.24, 2.45) is 4.99 Å². The Labute approximate surface area is 90.1 Å². The lowest BCUT2D eigenvalue weighted by molar-refractivity contribution is 0.188. The summed E-state index contributed by atoms with van der Waals surface area (Å²) in [4.78, 5) is 6.09. The third-order valence-electron chi connectivity index (χ3n) is 1.90. The van der Waals surface area contributed by atoms with Crippen molar-refractivity contribution in [1.29, 1.82) is 0 Å². The summed E-state index contributed by atoms with van der Waals surface area (Å²) in [7, 11) is 3.59. The highest BCUT2D eigenvalue weighted by atomic mass is 127. The number of halogens is 1. The molecule has 0 radical (unpaired) electrons. The van der Waals surface area contributed by atoms with Crippen LogP contribution in [0, 0.1) is 0 Å². The zero-order valence-corrected chi connectivity index (χ0v) is 9.78. The maximum absolute atomic E-state index is 9.22. The fourth-order valence-electron chi connectivity index (χ4n) is 1.35. The van der Waals surface area contributed by atoms with Crippen LogP contribution in [0.4, 0.5) is 0 Å². The molecular formula is C7H16IN3O. The molecule has 12 heavy (non-hydrogen) atoms. The van der Waals surface area contributed by atoms with Gasteiger partial charge in [-0.2, -0.15) is 0 Å². The Morgan fingerprint density at radius 3 is 2.67 bits per heavy atom. The molecule has 1 heterocycles. The molecule has 5 heteroatoms. The summed E-state index contributed by atoms with van der Waals surface area (Å²) >= 11 is 0. The summed E-state index contributed by atoms with van der Waals surface area (Å²) in [6, 6.07) is 0. The van der Waals surface area contributed by atoms with Crippen LogP contribution in [0.1, 0.15) is 6.42 Å². The number of nitrogens with one attached hydrogen (secondary N) is 1. The monoisotopic (exact) mass is 285 g/mol. The van der Waals surface area contributed by atoms with Gasteiger partial charge in [-0.05, 0) is 6.42 Å². The van der Waals surface area contributed by atoms with Crippen molar-refractivity contribution in [3.63, 3.8) is 0 Å². The Morgan fingerprint density at radius 1 is 1.67 bits per heavy atom. The van der Waals surface area contributed by atoms with E-state index in [9.17, 15) is 5.11 Å². The van der Waals surface area contributed by atoms with Gasteiger partial charge in [0.25, 0.3) is 0 Å². The molecule has 72 valence electrons. The van der Waals surface area contributed by atoms with Crippen molar-refractivity contribution in [2.45, 2.75) is 12.5 Å². The summed E-state index contributed by atoms with van der Waals surface area (Å²) in [6.45, 7) is 1.60. The smallest absolute Gasteiger partial charge is 0.193 e. The molecule has 0 amide bonds. The number of guanidine groups is 1. The van der Waals surface area contributed by atoms with E-state index in [0.29, 0.717) is 6.54 Å². The Hall–Kier alpha value is -0.0400. The van der Waals surface area contributed by atoms with Crippen LogP contribution in [-0.4, -0.2) is 49.3 Å². The second-order valence-electron chi connectivity index (χ2n) is 2.69. The van der Waals surface area contributed by atoms with Crippen molar-refractivity contribution in [3.05, 3.63) is 0 Å². The molecule has 1 aliphatic rings. The topological polar surface area (TPSA) is 47.9 Å². The van der Waals surface area contributed by atoms with E-state index in [-0.39, 0.29) is 30.1 Å². The van der Waals surface area contributed by atoms with Gasteiger partial charge < -0.3 is 15.3 Å². The van der Waals surface area contributed by atoms with E-state index in [1.165, 1.54) is 0 Å². The van der Waals surface area contributed by atoms with Crippen molar-refractivity contribution in [3.8, 4) is 0 Å². The van der Waals surface area contributed by atoms with E-state index in [4.69, 9.17) is 0 Å². The number of hydrogen-bond acceptors (Lipinski definition) is 2. The normalized spacial score (nSPS) is 23.8. The van der Waals surface area contributed by atoms with Gasteiger partial charge in [0.15, 0.2) is 5.96 Å². The lowest BCUT2D eigenvalue weighted by Crippen LogP contribution is -2.38. The van der Waals surface area contributed by atoms with Gasteiger partial charge in [0, 0.05) is 27.2 Å². The largest absolute Gasteiger partial charge is 0.391 e. The first kappa shape index (κ1) is 12.0. The van der Waals surface area contributed by atoms with Crippen molar-refractivity contribution >= 4 is 29.9 Å². The van der Waals surface area contributed by atoms with Gasteiger partial charge in [-0.25, -0.2) is 0 Å². The van der Waals surface area contributed by atoms with Gasteiger partial charge in [-0.3, -0.25) is 4.99 Å². The first-order valence-corrected chi connectivity index (χ1v) is 3.85. The number of hydrogen-bond donors (Lipinski definition) is 2. The highest BCUT2D eigenvalue weighted by Crippen LogP contribution is 2.07. The Kier molecular flexibility index (Phi) is 5.56. The molecule has 1 fully saturated rings. The Bertz CT molecular complexity index is 163. The summed E-state index contributed by atoms with van der Waals surface area (Å²) in [5.41, 5.74) is 0. The molecule has 0 aliphatic carbocycles. The average molecular weight is 285 g/mol. The van der Waals surface area contributed by atoms with Crippen LogP contribution in [0.25, 0.3) is 0 Å². The molecular weight excluding hydrogens is 269 g/mol. The minimum atomic E-state index is -0.180. The fraction of sp³-hybridized carbons (Fsp3) is 0.857. The van der Waals surface area contributed by atoms with E-state index < -0.39 is 0 Å². The number of nitrogens with zero attached hydrogens (tertiary/aromatic N) is 2. The molecule has 1 atom stereocenters. The summed E-state index contributed by atoms with van der Waals surface area (Å²) in [5, 5.41) is 12.2. The molecule has 0 aromatic rings. The SMILES string of the molecule is CN=C(NC)N1CCC(O)C1.I. The number of aliphatic imine (C=N–C) groups is 1. The third-order valence-corrected chi connectivity index (χ3v) is 1.90. The summed E-state index contributed by atoms with van der Waals surface area (Å²) in [6.07, 6.45) is 0.667. The van der Waals surface area contributed by atoms with Gasteiger partial charge in [-0.15, -0.1) is 24.0 Å². The van der Waals surface area contributed by atoms with Crippen LogP contribution in [0.15, 0.2) is 4.99 Å². The van der Waals surface area contributed by atoms with Crippen LogP contribution < -0.4 is 5.32 Å². The number of likely N-dealkylation sites (tertiary alicyclic amines) is 1. The molecule has 1 aliphatic heterocycles. The van der Waals surface area contributed by atoms with E-state index in [0.717, 1.165) is 18.9 Å². The molecule has 0 saturated carbocycles. The number of aliphatic hydroxyl groups is 1. The van der Waals surface area contributed by atoms with Crippen LogP contribution in [-0.2, 0) is 0 Å². The molecule has 1 saturated heterocycles. The van der Waals surface area contributed by atoms with E-state index >= 15 is 0 Å². The molecule has 2 N–H and O–H groups in total. The number of β-amino-alcohol motifs (C(OH)–C–C–N with tert-alkyl or cyclic N) is 1.